The van der Waals surface area contributed by atoms with Crippen LogP contribution in [-0.2, 0) is 6.54 Å². The van der Waals surface area contributed by atoms with Crippen LogP contribution in [0.3, 0.4) is 0 Å². The predicted molar refractivity (Wildman–Crippen MR) is 68.5 cm³/mol. The van der Waals surface area contributed by atoms with Gasteiger partial charge in [-0.15, -0.1) is 0 Å². The molecule has 0 aliphatic carbocycles. The highest BCUT2D eigenvalue weighted by Crippen LogP contribution is 2.12. The Kier molecular flexibility index (Phi) is 3.73. The van der Waals surface area contributed by atoms with Crippen LogP contribution in [0.4, 0.5) is 0 Å². The highest BCUT2D eigenvalue weighted by Gasteiger charge is 2.08. The van der Waals surface area contributed by atoms with E-state index < -0.39 is 0 Å². The second-order valence-corrected chi connectivity index (χ2v) is 4.02. The molecule has 2 rings (SSSR count). The van der Waals surface area contributed by atoms with Crippen LogP contribution in [-0.4, -0.2) is 12.3 Å². The molecule has 0 amide bonds. The van der Waals surface area contributed by atoms with Crippen molar-refractivity contribution in [2.75, 3.05) is 6.54 Å². The zero-order valence-electron chi connectivity index (χ0n) is 9.65. The molecule has 3 N–H and O–H groups in total. The number of benzene rings is 1. The summed E-state index contributed by atoms with van der Waals surface area (Å²) in [6.45, 7) is 1.30. The van der Waals surface area contributed by atoms with Gasteiger partial charge >= 0.3 is 0 Å². The SMILES string of the molecule is NCc1ccc(C(=O)CC2=CCNC=C2)cc1. The molecule has 0 bridgehead atoms. The lowest BCUT2D eigenvalue weighted by Gasteiger charge is -2.08. The van der Waals surface area contributed by atoms with Crippen LogP contribution in [0.2, 0.25) is 0 Å². The van der Waals surface area contributed by atoms with Gasteiger partial charge in [-0.25, -0.2) is 0 Å². The number of nitrogens with one attached hydrogen (secondary N) is 1. The average Bonchev–Trinajstić information content (AvgIpc) is 2.40. The van der Waals surface area contributed by atoms with Crippen molar-refractivity contribution in [1.82, 2.24) is 5.32 Å². The Morgan fingerprint density at radius 3 is 2.65 bits per heavy atom. The van der Waals surface area contributed by atoms with Gasteiger partial charge in [-0.2, -0.15) is 0 Å². The molecule has 1 heterocycles. The van der Waals surface area contributed by atoms with E-state index >= 15 is 0 Å². The van der Waals surface area contributed by atoms with Gasteiger partial charge in [-0.05, 0) is 23.4 Å². The number of nitrogens with two attached hydrogens (primary N) is 1. The lowest BCUT2D eigenvalue weighted by Crippen LogP contribution is -2.10. The van der Waals surface area contributed by atoms with E-state index in [1.54, 1.807) is 0 Å². The second kappa shape index (κ2) is 5.46. The van der Waals surface area contributed by atoms with E-state index in [9.17, 15) is 4.79 Å². The first-order chi connectivity index (χ1) is 8.29. The Morgan fingerprint density at radius 2 is 2.06 bits per heavy atom. The zero-order valence-corrected chi connectivity index (χ0v) is 9.65. The Balaban J connectivity index is 2.03. The summed E-state index contributed by atoms with van der Waals surface area (Å²) in [6.07, 6.45) is 6.31. The fourth-order valence-corrected chi connectivity index (χ4v) is 1.74. The predicted octanol–water partition coefficient (Wildman–Crippen LogP) is 1.76. The lowest BCUT2D eigenvalue weighted by molar-refractivity contribution is 0.0993. The molecule has 1 aromatic rings. The van der Waals surface area contributed by atoms with Crippen molar-refractivity contribution in [3.63, 3.8) is 0 Å². The molecule has 0 aromatic heterocycles. The Morgan fingerprint density at radius 1 is 1.29 bits per heavy atom. The molecule has 0 radical (unpaired) electrons. The van der Waals surface area contributed by atoms with E-state index in [0.717, 1.165) is 23.2 Å². The van der Waals surface area contributed by atoms with Gasteiger partial charge in [-0.1, -0.05) is 30.3 Å². The van der Waals surface area contributed by atoms with E-state index in [-0.39, 0.29) is 5.78 Å². The molecule has 0 saturated heterocycles. The minimum atomic E-state index is 0.145. The van der Waals surface area contributed by atoms with Crippen LogP contribution in [0.15, 0.2) is 48.2 Å². The molecule has 1 aliphatic heterocycles. The number of hydrogen-bond acceptors (Lipinski definition) is 3. The quantitative estimate of drug-likeness (QED) is 0.772. The molecule has 0 unspecified atom stereocenters. The fraction of sp³-hybridized carbons (Fsp3) is 0.214. The summed E-state index contributed by atoms with van der Waals surface area (Å²) >= 11 is 0. The average molecular weight is 228 g/mol. The van der Waals surface area contributed by atoms with E-state index in [4.69, 9.17) is 5.73 Å². The van der Waals surface area contributed by atoms with Crippen LogP contribution in [0.25, 0.3) is 0 Å². The second-order valence-electron chi connectivity index (χ2n) is 4.02. The van der Waals surface area contributed by atoms with Gasteiger partial charge in [0.25, 0.3) is 0 Å². The van der Waals surface area contributed by atoms with Crippen LogP contribution < -0.4 is 11.1 Å². The summed E-state index contributed by atoms with van der Waals surface area (Å²) in [5.41, 5.74) is 8.37. The Bertz CT molecular complexity index is 458. The maximum absolute atomic E-state index is 12.0. The molecule has 1 aliphatic rings. The molecular weight excluding hydrogens is 212 g/mol. The summed E-state index contributed by atoms with van der Waals surface area (Å²) < 4.78 is 0. The third-order valence-electron chi connectivity index (χ3n) is 2.77. The third-order valence-corrected chi connectivity index (χ3v) is 2.77. The summed E-state index contributed by atoms with van der Waals surface area (Å²) in [7, 11) is 0. The molecule has 17 heavy (non-hydrogen) atoms. The normalized spacial score (nSPS) is 14.1. The van der Waals surface area contributed by atoms with Gasteiger partial charge in [0.15, 0.2) is 5.78 Å². The highest BCUT2D eigenvalue weighted by molar-refractivity contribution is 5.97. The minimum absolute atomic E-state index is 0.145. The Hall–Kier alpha value is -1.87. The number of Topliss-reactive ketones (excluding diaryl/α,β-unsaturated/α-hetero) is 1. The number of hydrogen-bond donors (Lipinski definition) is 2. The number of rotatable bonds is 4. The zero-order chi connectivity index (χ0) is 12.1. The minimum Gasteiger partial charge on any atom is -0.387 e. The van der Waals surface area contributed by atoms with Gasteiger partial charge in [0, 0.05) is 25.1 Å². The first kappa shape index (κ1) is 11.6. The van der Waals surface area contributed by atoms with E-state index in [1.165, 1.54) is 0 Å². The van der Waals surface area contributed by atoms with Crippen molar-refractivity contribution in [1.29, 1.82) is 0 Å². The largest absolute Gasteiger partial charge is 0.387 e. The van der Waals surface area contributed by atoms with E-state index in [2.05, 4.69) is 5.32 Å². The van der Waals surface area contributed by atoms with E-state index in [0.29, 0.717) is 13.0 Å². The first-order valence-corrected chi connectivity index (χ1v) is 5.71. The van der Waals surface area contributed by atoms with Gasteiger partial charge in [0.05, 0.1) is 0 Å². The number of dihydropyridines is 1. The van der Waals surface area contributed by atoms with Crippen molar-refractivity contribution in [2.45, 2.75) is 13.0 Å². The van der Waals surface area contributed by atoms with Crippen LogP contribution >= 0.6 is 0 Å². The summed E-state index contributed by atoms with van der Waals surface area (Å²) in [6, 6.07) is 7.49. The molecule has 1 aromatic carbocycles. The highest BCUT2D eigenvalue weighted by atomic mass is 16.1. The summed E-state index contributed by atoms with van der Waals surface area (Å²) in [5, 5.41) is 3.06. The van der Waals surface area contributed by atoms with Crippen molar-refractivity contribution in [3.8, 4) is 0 Å². The molecular formula is C14H16N2O. The fourth-order valence-electron chi connectivity index (χ4n) is 1.74. The monoisotopic (exact) mass is 228 g/mol. The number of carbonyl (C=O) groups excluding carboxylic acids is 1. The molecule has 0 spiro atoms. The topological polar surface area (TPSA) is 55.1 Å². The molecule has 0 fully saturated rings. The number of ketones is 1. The maximum Gasteiger partial charge on any atom is 0.167 e. The van der Waals surface area contributed by atoms with Gasteiger partial charge in [0.2, 0.25) is 0 Å². The standard InChI is InChI=1S/C14H16N2O/c15-10-12-1-3-13(4-2-12)14(17)9-11-5-7-16-8-6-11/h1-7,16H,8-10,15H2. The number of carbonyl (C=O) groups is 1. The van der Waals surface area contributed by atoms with Gasteiger partial charge < -0.3 is 11.1 Å². The first-order valence-electron chi connectivity index (χ1n) is 5.71. The van der Waals surface area contributed by atoms with Crippen LogP contribution in [0, 0.1) is 0 Å². The van der Waals surface area contributed by atoms with Gasteiger partial charge in [0.1, 0.15) is 0 Å². The lowest BCUT2D eigenvalue weighted by atomic mass is 10.0. The molecule has 3 heteroatoms. The van der Waals surface area contributed by atoms with Crippen molar-refractivity contribution in [2.24, 2.45) is 5.73 Å². The van der Waals surface area contributed by atoms with Crippen molar-refractivity contribution in [3.05, 3.63) is 59.3 Å². The van der Waals surface area contributed by atoms with Crippen LogP contribution in [0.1, 0.15) is 22.3 Å². The Labute approximate surface area is 101 Å². The summed E-state index contributed by atoms with van der Waals surface area (Å²) in [5.74, 6) is 0.145. The van der Waals surface area contributed by atoms with Crippen molar-refractivity contribution >= 4 is 5.78 Å². The van der Waals surface area contributed by atoms with Crippen molar-refractivity contribution < 1.29 is 4.79 Å². The number of allylic oxidation sites excluding steroid dienone is 2. The molecule has 0 atom stereocenters. The molecule has 3 nitrogen and oxygen atoms in total. The maximum atomic E-state index is 12.0. The van der Waals surface area contributed by atoms with Crippen LogP contribution in [0.5, 0.6) is 0 Å². The molecule has 0 saturated carbocycles. The van der Waals surface area contributed by atoms with E-state index in [1.807, 2.05) is 42.6 Å². The van der Waals surface area contributed by atoms with Gasteiger partial charge in [-0.3, -0.25) is 4.79 Å². The third kappa shape index (κ3) is 3.04. The summed E-state index contributed by atoms with van der Waals surface area (Å²) in [4.78, 5) is 12.0. The molecule has 88 valence electrons. The smallest absolute Gasteiger partial charge is 0.167 e.